The third kappa shape index (κ3) is 5.65. The Kier molecular flexibility index (Phi) is 7.57. The summed E-state index contributed by atoms with van der Waals surface area (Å²) in [4.78, 5) is 28.6. The lowest BCUT2D eigenvalue weighted by atomic mass is 10.2. The highest BCUT2D eigenvalue weighted by molar-refractivity contribution is 9.11. The van der Waals surface area contributed by atoms with Crippen LogP contribution in [0, 0.1) is 0 Å². The Hall–Kier alpha value is -2.30. The lowest BCUT2D eigenvalue weighted by Crippen LogP contribution is -2.19. The molecule has 1 amide bonds. The number of rotatable bonds is 6. The summed E-state index contributed by atoms with van der Waals surface area (Å²) in [5.41, 5.74) is 1.47. The van der Waals surface area contributed by atoms with E-state index in [0.29, 0.717) is 30.5 Å². The number of thioether (sulfide) groups is 1. The van der Waals surface area contributed by atoms with Gasteiger partial charge >= 0.3 is 5.97 Å². The second-order valence-corrected chi connectivity index (χ2v) is 8.60. The summed E-state index contributed by atoms with van der Waals surface area (Å²) in [6.07, 6.45) is 1.75. The van der Waals surface area contributed by atoms with Gasteiger partial charge in [-0.25, -0.2) is 9.79 Å². The summed E-state index contributed by atoms with van der Waals surface area (Å²) in [6.45, 7) is -0.211. The molecule has 1 aliphatic rings. The summed E-state index contributed by atoms with van der Waals surface area (Å²) in [5.74, 6) is 0.485. The molecule has 0 aromatic heterocycles. The Balaban J connectivity index is 1.77. The molecule has 1 fully saturated rings. The van der Waals surface area contributed by atoms with Crippen LogP contribution in [0.4, 0.5) is 5.69 Å². The van der Waals surface area contributed by atoms with Crippen molar-refractivity contribution in [3.63, 3.8) is 0 Å². The van der Waals surface area contributed by atoms with Gasteiger partial charge in [0.15, 0.2) is 11.8 Å². The van der Waals surface area contributed by atoms with E-state index in [4.69, 9.17) is 9.47 Å². The standard InChI is InChI=1S/C20H16Br2N2O5S/c1-27-13-5-3-12(4-6-13)23-20-24-19(26)16(30-20)9-11-7-14(21)18(15(22)8-11)29-10-17(25)28-2/h3-9H,10H2,1-2H3,(H,23,24,26)/b16-9+. The first kappa shape index (κ1) is 22.4. The van der Waals surface area contributed by atoms with Gasteiger partial charge in [-0.2, -0.15) is 0 Å². The van der Waals surface area contributed by atoms with Gasteiger partial charge in [-0.15, -0.1) is 0 Å². The van der Waals surface area contributed by atoms with Gasteiger partial charge in [-0.3, -0.25) is 4.79 Å². The monoisotopic (exact) mass is 554 g/mol. The molecule has 1 aliphatic heterocycles. The normalized spacial score (nSPS) is 15.9. The summed E-state index contributed by atoms with van der Waals surface area (Å²) >= 11 is 8.10. The van der Waals surface area contributed by atoms with Crippen LogP contribution >= 0.6 is 43.6 Å². The van der Waals surface area contributed by atoms with E-state index in [-0.39, 0.29) is 12.5 Å². The minimum atomic E-state index is -0.484. The molecule has 0 spiro atoms. The van der Waals surface area contributed by atoms with Gasteiger partial charge in [-0.05, 0) is 91.7 Å². The van der Waals surface area contributed by atoms with Gasteiger partial charge in [0.25, 0.3) is 5.91 Å². The minimum Gasteiger partial charge on any atom is -0.497 e. The van der Waals surface area contributed by atoms with E-state index in [1.165, 1.54) is 18.9 Å². The van der Waals surface area contributed by atoms with Crippen molar-refractivity contribution >= 4 is 72.4 Å². The molecule has 0 aliphatic carbocycles. The Morgan fingerprint density at radius 2 is 1.83 bits per heavy atom. The van der Waals surface area contributed by atoms with Crippen molar-refractivity contribution in [2.75, 3.05) is 20.8 Å². The maximum atomic E-state index is 12.3. The molecule has 2 aromatic carbocycles. The van der Waals surface area contributed by atoms with Crippen LogP contribution in [0.3, 0.4) is 0 Å². The van der Waals surface area contributed by atoms with Gasteiger partial charge < -0.3 is 19.5 Å². The van der Waals surface area contributed by atoms with Crippen LogP contribution in [0.15, 0.2) is 55.2 Å². The number of amidine groups is 1. The first-order valence-electron chi connectivity index (χ1n) is 8.52. The molecule has 0 unspecified atom stereocenters. The first-order chi connectivity index (χ1) is 14.4. The molecule has 2 aromatic rings. The van der Waals surface area contributed by atoms with Crippen LogP contribution in [0.5, 0.6) is 11.5 Å². The van der Waals surface area contributed by atoms with Crippen molar-refractivity contribution in [1.29, 1.82) is 0 Å². The zero-order chi connectivity index (χ0) is 21.7. The average Bonchev–Trinajstić information content (AvgIpc) is 3.06. The molecule has 156 valence electrons. The Morgan fingerprint density at radius 1 is 1.17 bits per heavy atom. The zero-order valence-corrected chi connectivity index (χ0v) is 19.9. The Labute approximate surface area is 194 Å². The molecule has 0 atom stereocenters. The molecular formula is C20H16Br2N2O5S. The van der Waals surface area contributed by atoms with Crippen LogP contribution in [-0.2, 0) is 14.3 Å². The SMILES string of the molecule is COC(=O)COc1c(Br)cc(/C=C2/SC(=Nc3ccc(OC)cc3)NC2=O)cc1Br. The van der Waals surface area contributed by atoms with Crippen molar-refractivity contribution in [1.82, 2.24) is 5.32 Å². The van der Waals surface area contributed by atoms with E-state index in [0.717, 1.165) is 11.3 Å². The molecular weight excluding hydrogens is 540 g/mol. The topological polar surface area (TPSA) is 86.2 Å². The lowest BCUT2D eigenvalue weighted by Gasteiger charge is -2.10. The van der Waals surface area contributed by atoms with E-state index in [9.17, 15) is 9.59 Å². The Morgan fingerprint density at radius 3 is 2.43 bits per heavy atom. The van der Waals surface area contributed by atoms with Crippen LogP contribution in [0.1, 0.15) is 5.56 Å². The highest BCUT2D eigenvalue weighted by atomic mass is 79.9. The molecule has 3 rings (SSSR count). The summed E-state index contributed by atoms with van der Waals surface area (Å²) in [5, 5.41) is 3.25. The first-order valence-corrected chi connectivity index (χ1v) is 10.9. The van der Waals surface area contributed by atoms with E-state index < -0.39 is 5.97 Å². The van der Waals surface area contributed by atoms with E-state index in [1.807, 2.05) is 12.1 Å². The number of methoxy groups -OCH3 is 2. The number of hydrogen-bond donors (Lipinski definition) is 1. The maximum Gasteiger partial charge on any atom is 0.343 e. The fraction of sp³-hybridized carbons (Fsp3) is 0.150. The predicted octanol–water partition coefficient (Wildman–Crippen LogP) is 4.66. The van der Waals surface area contributed by atoms with Crippen LogP contribution in [-0.4, -0.2) is 37.9 Å². The number of nitrogens with zero attached hydrogens (tertiary/aromatic N) is 1. The third-order valence-electron chi connectivity index (χ3n) is 3.83. The Bertz CT molecular complexity index is 1010. The predicted molar refractivity (Wildman–Crippen MR) is 123 cm³/mol. The van der Waals surface area contributed by atoms with E-state index in [1.54, 1.807) is 37.5 Å². The van der Waals surface area contributed by atoms with Gasteiger partial charge in [0.05, 0.1) is 33.8 Å². The van der Waals surface area contributed by atoms with Crippen molar-refractivity contribution in [2.45, 2.75) is 0 Å². The van der Waals surface area contributed by atoms with Crippen molar-refractivity contribution in [2.24, 2.45) is 4.99 Å². The van der Waals surface area contributed by atoms with Crippen LogP contribution < -0.4 is 14.8 Å². The van der Waals surface area contributed by atoms with Crippen LogP contribution in [0.25, 0.3) is 6.08 Å². The molecule has 1 N–H and O–H groups in total. The summed E-state index contributed by atoms with van der Waals surface area (Å²) in [6, 6.07) is 10.8. The average molecular weight is 556 g/mol. The zero-order valence-electron chi connectivity index (χ0n) is 15.9. The van der Waals surface area contributed by atoms with Crippen molar-refractivity contribution in [3.05, 3.63) is 55.8 Å². The largest absolute Gasteiger partial charge is 0.497 e. The van der Waals surface area contributed by atoms with Gasteiger partial charge in [0.1, 0.15) is 11.5 Å². The fourth-order valence-electron chi connectivity index (χ4n) is 2.40. The number of amides is 1. The molecule has 10 heteroatoms. The smallest absolute Gasteiger partial charge is 0.343 e. The molecule has 30 heavy (non-hydrogen) atoms. The third-order valence-corrected chi connectivity index (χ3v) is 5.92. The van der Waals surface area contributed by atoms with Gasteiger partial charge in [0, 0.05) is 0 Å². The second-order valence-electron chi connectivity index (χ2n) is 5.86. The summed E-state index contributed by atoms with van der Waals surface area (Å²) < 4.78 is 16.4. The number of carbonyl (C=O) groups excluding carboxylic acids is 2. The highest BCUT2D eigenvalue weighted by Gasteiger charge is 2.24. The van der Waals surface area contributed by atoms with Gasteiger partial charge in [0.2, 0.25) is 0 Å². The maximum absolute atomic E-state index is 12.3. The second kappa shape index (κ2) is 10.1. The number of nitrogens with one attached hydrogen (secondary N) is 1. The molecule has 1 saturated heterocycles. The number of halogens is 2. The molecule has 0 saturated carbocycles. The number of carbonyl (C=O) groups is 2. The molecule has 0 radical (unpaired) electrons. The van der Waals surface area contributed by atoms with Crippen molar-refractivity contribution < 1.29 is 23.8 Å². The number of ether oxygens (including phenoxy) is 3. The van der Waals surface area contributed by atoms with E-state index >= 15 is 0 Å². The number of esters is 1. The van der Waals surface area contributed by atoms with Crippen LogP contribution in [0.2, 0.25) is 0 Å². The number of aliphatic imine (C=N–C) groups is 1. The quantitative estimate of drug-likeness (QED) is 0.412. The van der Waals surface area contributed by atoms with Gasteiger partial charge in [-0.1, -0.05) is 0 Å². The van der Waals surface area contributed by atoms with Crippen molar-refractivity contribution in [3.8, 4) is 11.5 Å². The fourth-order valence-corrected chi connectivity index (χ4v) is 4.69. The number of benzene rings is 2. The molecule has 7 nitrogen and oxygen atoms in total. The lowest BCUT2D eigenvalue weighted by molar-refractivity contribution is -0.142. The summed E-state index contributed by atoms with van der Waals surface area (Å²) in [7, 11) is 2.89. The highest BCUT2D eigenvalue weighted by Crippen LogP contribution is 2.36. The molecule has 1 heterocycles. The minimum absolute atomic E-state index is 0.211. The molecule has 0 bridgehead atoms. The number of hydrogen-bond acceptors (Lipinski definition) is 7. The van der Waals surface area contributed by atoms with E-state index in [2.05, 4.69) is 46.9 Å².